The van der Waals surface area contributed by atoms with Crippen molar-refractivity contribution in [1.29, 1.82) is 0 Å². The summed E-state index contributed by atoms with van der Waals surface area (Å²) < 4.78 is 0. The summed E-state index contributed by atoms with van der Waals surface area (Å²) in [6.07, 6.45) is 2.71. The van der Waals surface area contributed by atoms with Crippen molar-refractivity contribution in [2.75, 3.05) is 11.5 Å². The van der Waals surface area contributed by atoms with Gasteiger partial charge >= 0.3 is 0 Å². The zero-order chi connectivity index (χ0) is 7.40. The van der Waals surface area contributed by atoms with E-state index >= 15 is 0 Å². The maximum absolute atomic E-state index is 9.32. The SMILES string of the molecule is OC1CSCC1C/C=C/Cl. The Morgan fingerprint density at radius 3 is 2.90 bits per heavy atom. The lowest BCUT2D eigenvalue weighted by molar-refractivity contribution is 0.151. The third-order valence-corrected chi connectivity index (χ3v) is 3.11. The first-order valence-electron chi connectivity index (χ1n) is 3.35. The summed E-state index contributed by atoms with van der Waals surface area (Å²) in [7, 11) is 0. The molecule has 1 N–H and O–H groups in total. The maximum atomic E-state index is 9.32. The molecule has 1 heterocycles. The van der Waals surface area contributed by atoms with Crippen molar-refractivity contribution in [3.05, 3.63) is 11.6 Å². The molecule has 0 amide bonds. The zero-order valence-electron chi connectivity index (χ0n) is 5.66. The highest BCUT2D eigenvalue weighted by molar-refractivity contribution is 7.99. The van der Waals surface area contributed by atoms with Gasteiger partial charge in [0.05, 0.1) is 6.10 Å². The first-order valence-corrected chi connectivity index (χ1v) is 4.94. The Morgan fingerprint density at radius 2 is 2.40 bits per heavy atom. The van der Waals surface area contributed by atoms with E-state index in [0.717, 1.165) is 17.9 Å². The van der Waals surface area contributed by atoms with Crippen LogP contribution in [0.15, 0.2) is 11.6 Å². The van der Waals surface area contributed by atoms with Crippen LogP contribution in [0.4, 0.5) is 0 Å². The summed E-state index contributed by atoms with van der Waals surface area (Å²) in [6.45, 7) is 0. The summed E-state index contributed by atoms with van der Waals surface area (Å²) in [5.74, 6) is 2.39. The summed E-state index contributed by atoms with van der Waals surface area (Å²) in [6, 6.07) is 0. The van der Waals surface area contributed by atoms with Gasteiger partial charge in [0.25, 0.3) is 0 Å². The fourth-order valence-electron chi connectivity index (χ4n) is 1.04. The van der Waals surface area contributed by atoms with Crippen LogP contribution in [0.25, 0.3) is 0 Å². The highest BCUT2D eigenvalue weighted by atomic mass is 35.5. The van der Waals surface area contributed by atoms with Crippen LogP contribution < -0.4 is 0 Å². The number of thioether (sulfide) groups is 1. The molecule has 1 saturated heterocycles. The number of aliphatic hydroxyl groups is 1. The molecule has 0 spiro atoms. The Morgan fingerprint density at radius 1 is 1.60 bits per heavy atom. The lowest BCUT2D eigenvalue weighted by atomic mass is 10.0. The quantitative estimate of drug-likeness (QED) is 0.697. The number of aliphatic hydroxyl groups excluding tert-OH is 1. The molecule has 58 valence electrons. The molecule has 2 unspecified atom stereocenters. The molecule has 1 fully saturated rings. The molecule has 10 heavy (non-hydrogen) atoms. The second-order valence-corrected chi connectivity index (χ2v) is 3.79. The average Bonchev–Trinajstić information content (AvgIpc) is 2.31. The van der Waals surface area contributed by atoms with E-state index in [0.29, 0.717) is 5.92 Å². The van der Waals surface area contributed by atoms with Crippen molar-refractivity contribution >= 4 is 23.4 Å². The Labute approximate surface area is 70.5 Å². The lowest BCUT2D eigenvalue weighted by Gasteiger charge is -2.08. The van der Waals surface area contributed by atoms with Crippen molar-refractivity contribution < 1.29 is 5.11 Å². The minimum absolute atomic E-state index is 0.113. The van der Waals surface area contributed by atoms with Gasteiger partial charge in [-0.1, -0.05) is 17.7 Å². The molecule has 0 radical (unpaired) electrons. The van der Waals surface area contributed by atoms with Crippen LogP contribution in [0.5, 0.6) is 0 Å². The fraction of sp³-hybridized carbons (Fsp3) is 0.714. The largest absolute Gasteiger partial charge is 0.392 e. The molecule has 0 aromatic heterocycles. The first kappa shape index (κ1) is 8.44. The van der Waals surface area contributed by atoms with E-state index in [4.69, 9.17) is 11.6 Å². The Balaban J connectivity index is 2.26. The molecular formula is C7H11ClOS. The van der Waals surface area contributed by atoms with E-state index in [1.807, 2.05) is 17.8 Å². The standard InChI is InChI=1S/C7H11ClOS/c8-3-1-2-6-4-10-5-7(6)9/h1,3,6-7,9H,2,4-5H2/b3-1+. The van der Waals surface area contributed by atoms with Gasteiger partial charge in [0.2, 0.25) is 0 Å². The molecule has 0 aromatic carbocycles. The smallest absolute Gasteiger partial charge is 0.0669 e. The van der Waals surface area contributed by atoms with E-state index in [9.17, 15) is 5.11 Å². The Bertz CT molecular complexity index is 127. The van der Waals surface area contributed by atoms with Crippen LogP contribution in [0, 0.1) is 5.92 Å². The monoisotopic (exact) mass is 178 g/mol. The zero-order valence-corrected chi connectivity index (χ0v) is 7.24. The van der Waals surface area contributed by atoms with Gasteiger partial charge in [0, 0.05) is 11.3 Å². The molecule has 1 nitrogen and oxygen atoms in total. The minimum atomic E-state index is -0.113. The van der Waals surface area contributed by atoms with Gasteiger partial charge in [0.15, 0.2) is 0 Å². The van der Waals surface area contributed by atoms with Gasteiger partial charge in [-0.3, -0.25) is 0 Å². The summed E-state index contributed by atoms with van der Waals surface area (Å²) >= 11 is 7.17. The molecule has 0 aliphatic carbocycles. The molecule has 0 saturated carbocycles. The van der Waals surface area contributed by atoms with Crippen molar-refractivity contribution in [1.82, 2.24) is 0 Å². The summed E-state index contributed by atoms with van der Waals surface area (Å²) in [5, 5.41) is 9.32. The molecular weight excluding hydrogens is 168 g/mol. The van der Waals surface area contributed by atoms with E-state index in [1.165, 1.54) is 5.54 Å². The first-order chi connectivity index (χ1) is 4.84. The van der Waals surface area contributed by atoms with Gasteiger partial charge in [-0.25, -0.2) is 0 Å². The van der Waals surface area contributed by atoms with E-state index in [1.54, 1.807) is 0 Å². The van der Waals surface area contributed by atoms with E-state index < -0.39 is 0 Å². The lowest BCUT2D eigenvalue weighted by Crippen LogP contribution is -2.16. The van der Waals surface area contributed by atoms with Crippen molar-refractivity contribution in [3.63, 3.8) is 0 Å². The van der Waals surface area contributed by atoms with Crippen LogP contribution in [-0.2, 0) is 0 Å². The summed E-state index contributed by atoms with van der Waals surface area (Å²) in [4.78, 5) is 0. The maximum Gasteiger partial charge on any atom is 0.0669 e. The molecule has 2 atom stereocenters. The normalized spacial score (nSPS) is 33.8. The van der Waals surface area contributed by atoms with Crippen LogP contribution in [0.1, 0.15) is 6.42 Å². The highest BCUT2D eigenvalue weighted by Crippen LogP contribution is 2.26. The average molecular weight is 179 g/mol. The third kappa shape index (κ3) is 2.19. The summed E-state index contributed by atoms with van der Waals surface area (Å²) in [5.41, 5.74) is 1.52. The van der Waals surface area contributed by atoms with E-state index in [2.05, 4.69) is 0 Å². The van der Waals surface area contributed by atoms with Crippen LogP contribution >= 0.6 is 23.4 Å². The molecule has 1 aliphatic heterocycles. The van der Waals surface area contributed by atoms with Gasteiger partial charge in [-0.2, -0.15) is 11.8 Å². The third-order valence-electron chi connectivity index (χ3n) is 1.69. The van der Waals surface area contributed by atoms with Gasteiger partial charge in [-0.05, 0) is 18.1 Å². The molecule has 1 rings (SSSR count). The Kier molecular flexibility index (Phi) is 3.60. The van der Waals surface area contributed by atoms with Gasteiger partial charge < -0.3 is 5.11 Å². The minimum Gasteiger partial charge on any atom is -0.392 e. The predicted molar refractivity (Wildman–Crippen MR) is 46.4 cm³/mol. The topological polar surface area (TPSA) is 20.2 Å². The van der Waals surface area contributed by atoms with Crippen molar-refractivity contribution in [3.8, 4) is 0 Å². The highest BCUT2D eigenvalue weighted by Gasteiger charge is 2.23. The predicted octanol–water partition coefficient (Wildman–Crippen LogP) is 1.85. The second-order valence-electron chi connectivity index (χ2n) is 2.46. The number of allylic oxidation sites excluding steroid dienone is 1. The number of rotatable bonds is 2. The fourth-order valence-corrected chi connectivity index (χ4v) is 2.45. The number of hydrogen-bond donors (Lipinski definition) is 1. The van der Waals surface area contributed by atoms with Crippen LogP contribution in [-0.4, -0.2) is 22.7 Å². The van der Waals surface area contributed by atoms with Crippen LogP contribution in [0.2, 0.25) is 0 Å². The number of halogens is 1. The van der Waals surface area contributed by atoms with Crippen molar-refractivity contribution in [2.24, 2.45) is 5.92 Å². The molecule has 0 aromatic rings. The molecule has 0 bridgehead atoms. The second kappa shape index (κ2) is 4.27. The molecule has 1 aliphatic rings. The number of hydrogen-bond acceptors (Lipinski definition) is 2. The van der Waals surface area contributed by atoms with Gasteiger partial charge in [0.1, 0.15) is 0 Å². The van der Waals surface area contributed by atoms with Gasteiger partial charge in [-0.15, -0.1) is 0 Å². The molecule has 3 heteroatoms. The van der Waals surface area contributed by atoms with Crippen molar-refractivity contribution in [2.45, 2.75) is 12.5 Å². The Hall–Kier alpha value is 0.340. The van der Waals surface area contributed by atoms with E-state index in [-0.39, 0.29) is 6.10 Å². The van der Waals surface area contributed by atoms with Crippen LogP contribution in [0.3, 0.4) is 0 Å².